The van der Waals surface area contributed by atoms with Gasteiger partial charge in [0.1, 0.15) is 29.7 Å². The molecule has 0 bridgehead atoms. The SMILES string of the molecule is COc1ccc(F)c(-c2c(F)cc(COc3ccc4c(c3)C3(CC4)CC3C(=O)O)cc2C2CCCC2(C)C)c1. The molecule has 6 rings (SSSR count). The summed E-state index contributed by atoms with van der Waals surface area (Å²) >= 11 is 0. The van der Waals surface area contributed by atoms with Gasteiger partial charge in [-0.15, -0.1) is 0 Å². The average molecular weight is 533 g/mol. The maximum atomic E-state index is 15.9. The molecule has 6 heteroatoms. The lowest BCUT2D eigenvalue weighted by molar-refractivity contribution is -0.139. The molecule has 3 aliphatic rings. The van der Waals surface area contributed by atoms with Gasteiger partial charge in [-0.2, -0.15) is 0 Å². The second-order valence-corrected chi connectivity index (χ2v) is 12.2. The van der Waals surface area contributed by atoms with Gasteiger partial charge < -0.3 is 14.6 Å². The summed E-state index contributed by atoms with van der Waals surface area (Å²) in [5.74, 6) is -0.819. The van der Waals surface area contributed by atoms with Crippen molar-refractivity contribution in [2.75, 3.05) is 7.11 Å². The zero-order chi connectivity index (χ0) is 27.5. The molecular weight excluding hydrogens is 498 g/mol. The molecule has 39 heavy (non-hydrogen) atoms. The third-order valence-corrected chi connectivity index (χ3v) is 9.49. The molecule has 2 saturated carbocycles. The maximum absolute atomic E-state index is 15.9. The second kappa shape index (κ2) is 9.35. The summed E-state index contributed by atoms with van der Waals surface area (Å²) in [6, 6.07) is 13.8. The van der Waals surface area contributed by atoms with Crippen LogP contribution in [0.3, 0.4) is 0 Å². The Hall–Kier alpha value is -3.41. The van der Waals surface area contributed by atoms with Crippen molar-refractivity contribution in [2.24, 2.45) is 11.3 Å². The van der Waals surface area contributed by atoms with Crippen molar-refractivity contribution in [1.82, 2.24) is 0 Å². The number of rotatable bonds is 7. The Labute approximate surface area is 228 Å². The van der Waals surface area contributed by atoms with E-state index in [1.807, 2.05) is 24.3 Å². The Morgan fingerprint density at radius 1 is 1.03 bits per heavy atom. The molecule has 0 radical (unpaired) electrons. The summed E-state index contributed by atoms with van der Waals surface area (Å²) in [4.78, 5) is 11.6. The van der Waals surface area contributed by atoms with Gasteiger partial charge in [-0.05, 0) is 102 Å². The number of hydrogen-bond donors (Lipinski definition) is 1. The standard InChI is InChI=1S/C33H34F2O4/c1-32(2)11-4-5-25(32)23-13-19(14-29(35)30(23)24-15-21(38-3)8-9-28(24)34)18-39-22-7-6-20-10-12-33(26(20)16-22)17-27(33)31(36)37/h6-9,13-16,25,27H,4-5,10-12,17-18H2,1-3H3,(H,36,37). The number of carbonyl (C=O) groups is 1. The first-order valence-corrected chi connectivity index (χ1v) is 13.8. The van der Waals surface area contributed by atoms with Crippen LogP contribution in [0.5, 0.6) is 11.5 Å². The van der Waals surface area contributed by atoms with Gasteiger partial charge in [0.15, 0.2) is 0 Å². The summed E-state index contributed by atoms with van der Waals surface area (Å²) < 4.78 is 42.5. The van der Waals surface area contributed by atoms with Crippen molar-refractivity contribution in [3.8, 4) is 22.6 Å². The smallest absolute Gasteiger partial charge is 0.307 e. The van der Waals surface area contributed by atoms with Gasteiger partial charge in [0.05, 0.1) is 13.0 Å². The molecule has 0 heterocycles. The molecule has 3 aliphatic carbocycles. The minimum absolute atomic E-state index is 0.0464. The first kappa shape index (κ1) is 25.8. The summed E-state index contributed by atoms with van der Waals surface area (Å²) in [6.07, 6.45) is 5.38. The van der Waals surface area contributed by atoms with Crippen LogP contribution in [0.25, 0.3) is 11.1 Å². The van der Waals surface area contributed by atoms with Crippen LogP contribution < -0.4 is 9.47 Å². The number of benzene rings is 3. The van der Waals surface area contributed by atoms with E-state index in [9.17, 15) is 9.90 Å². The highest BCUT2D eigenvalue weighted by Gasteiger charge is 2.61. The average Bonchev–Trinajstić information content (AvgIpc) is 3.39. The van der Waals surface area contributed by atoms with Crippen molar-refractivity contribution in [3.05, 3.63) is 82.4 Å². The van der Waals surface area contributed by atoms with Gasteiger partial charge in [-0.3, -0.25) is 4.79 Å². The van der Waals surface area contributed by atoms with E-state index in [1.165, 1.54) is 24.8 Å². The second-order valence-electron chi connectivity index (χ2n) is 12.2. The van der Waals surface area contributed by atoms with Crippen molar-refractivity contribution in [1.29, 1.82) is 0 Å². The lowest BCUT2D eigenvalue weighted by atomic mass is 9.75. The maximum Gasteiger partial charge on any atom is 0.307 e. The summed E-state index contributed by atoms with van der Waals surface area (Å²) in [7, 11) is 1.51. The van der Waals surface area contributed by atoms with Crippen LogP contribution in [0.15, 0.2) is 48.5 Å². The molecular formula is C33H34F2O4. The largest absolute Gasteiger partial charge is 0.497 e. The lowest BCUT2D eigenvalue weighted by Gasteiger charge is -2.30. The van der Waals surface area contributed by atoms with Crippen LogP contribution in [0, 0.1) is 23.0 Å². The fraction of sp³-hybridized carbons (Fsp3) is 0.424. The fourth-order valence-corrected chi connectivity index (χ4v) is 7.24. The van der Waals surface area contributed by atoms with Crippen molar-refractivity contribution >= 4 is 5.97 Å². The van der Waals surface area contributed by atoms with Gasteiger partial charge in [-0.25, -0.2) is 8.78 Å². The Kier molecular flexibility index (Phi) is 6.20. The van der Waals surface area contributed by atoms with E-state index in [0.29, 0.717) is 29.0 Å². The predicted molar refractivity (Wildman–Crippen MR) is 145 cm³/mol. The predicted octanol–water partition coefficient (Wildman–Crippen LogP) is 7.80. The number of carboxylic acids is 1. The zero-order valence-corrected chi connectivity index (χ0v) is 22.7. The van der Waals surface area contributed by atoms with E-state index >= 15 is 8.78 Å². The van der Waals surface area contributed by atoms with Crippen LogP contribution in [-0.4, -0.2) is 18.2 Å². The number of fused-ring (bicyclic) bond motifs is 2. The number of aryl methyl sites for hydroxylation is 1. The van der Waals surface area contributed by atoms with Crippen LogP contribution in [0.2, 0.25) is 0 Å². The van der Waals surface area contributed by atoms with Crippen LogP contribution >= 0.6 is 0 Å². The highest BCUT2D eigenvalue weighted by atomic mass is 19.1. The van der Waals surface area contributed by atoms with Gasteiger partial charge in [-0.1, -0.05) is 32.4 Å². The van der Waals surface area contributed by atoms with Crippen molar-refractivity contribution in [3.63, 3.8) is 0 Å². The summed E-state index contributed by atoms with van der Waals surface area (Å²) in [5.41, 5.74) is 3.94. The molecule has 3 aromatic rings. The third-order valence-electron chi connectivity index (χ3n) is 9.49. The first-order valence-electron chi connectivity index (χ1n) is 13.8. The number of ether oxygens (including phenoxy) is 2. The highest BCUT2D eigenvalue weighted by Crippen LogP contribution is 2.62. The number of hydrogen-bond acceptors (Lipinski definition) is 3. The normalized spacial score (nSPS) is 24.5. The van der Waals surface area contributed by atoms with E-state index in [2.05, 4.69) is 13.8 Å². The van der Waals surface area contributed by atoms with Crippen LogP contribution in [-0.2, 0) is 23.2 Å². The molecule has 2 fully saturated rings. The molecule has 204 valence electrons. The van der Waals surface area contributed by atoms with Crippen molar-refractivity contribution in [2.45, 2.75) is 70.3 Å². The molecule has 1 N–H and O–H groups in total. The summed E-state index contributed by atoms with van der Waals surface area (Å²) in [6.45, 7) is 4.55. The van der Waals surface area contributed by atoms with Crippen molar-refractivity contribution < 1.29 is 28.2 Å². The minimum Gasteiger partial charge on any atom is -0.497 e. The molecule has 0 amide bonds. The monoisotopic (exact) mass is 532 g/mol. The minimum atomic E-state index is -0.737. The Bertz CT molecular complexity index is 1460. The van der Waals surface area contributed by atoms with Crippen LogP contribution in [0.1, 0.15) is 74.1 Å². The van der Waals surface area contributed by atoms with Gasteiger partial charge in [0.2, 0.25) is 0 Å². The van der Waals surface area contributed by atoms with E-state index in [-0.39, 0.29) is 34.8 Å². The molecule has 3 atom stereocenters. The van der Waals surface area contributed by atoms with E-state index in [1.54, 1.807) is 12.1 Å². The van der Waals surface area contributed by atoms with Gasteiger partial charge in [0, 0.05) is 16.5 Å². The Morgan fingerprint density at radius 2 is 1.82 bits per heavy atom. The molecule has 3 aromatic carbocycles. The molecule has 0 aromatic heterocycles. The molecule has 0 aliphatic heterocycles. The van der Waals surface area contributed by atoms with Crippen LogP contribution in [0.4, 0.5) is 8.78 Å². The molecule has 0 saturated heterocycles. The fourth-order valence-electron chi connectivity index (χ4n) is 7.24. The Balaban J connectivity index is 1.34. The lowest BCUT2D eigenvalue weighted by Crippen LogP contribution is -2.17. The number of methoxy groups -OCH3 is 1. The number of halogens is 2. The molecule has 3 unspecified atom stereocenters. The van der Waals surface area contributed by atoms with Gasteiger partial charge >= 0.3 is 5.97 Å². The topological polar surface area (TPSA) is 55.8 Å². The van der Waals surface area contributed by atoms with E-state index in [0.717, 1.165) is 43.2 Å². The molecule has 4 nitrogen and oxygen atoms in total. The summed E-state index contributed by atoms with van der Waals surface area (Å²) in [5, 5.41) is 9.56. The number of aliphatic carboxylic acids is 1. The highest BCUT2D eigenvalue weighted by molar-refractivity contribution is 5.78. The quantitative estimate of drug-likeness (QED) is 0.337. The van der Waals surface area contributed by atoms with E-state index in [4.69, 9.17) is 9.47 Å². The van der Waals surface area contributed by atoms with Gasteiger partial charge in [0.25, 0.3) is 0 Å². The zero-order valence-electron chi connectivity index (χ0n) is 22.7. The molecule has 1 spiro atoms. The first-order chi connectivity index (χ1) is 18.6. The third kappa shape index (κ3) is 4.38. The Morgan fingerprint density at radius 3 is 2.51 bits per heavy atom. The number of carboxylic acid groups (broad SMARTS) is 1. The van der Waals surface area contributed by atoms with E-state index < -0.39 is 17.6 Å².